The quantitative estimate of drug-likeness (QED) is 0.841. The van der Waals surface area contributed by atoms with Gasteiger partial charge in [-0.15, -0.1) is 0 Å². The van der Waals surface area contributed by atoms with Crippen molar-refractivity contribution in [3.8, 4) is 5.75 Å². The van der Waals surface area contributed by atoms with Crippen LogP contribution in [-0.4, -0.2) is 12.5 Å². The number of para-hydroxylation sites is 1. The summed E-state index contributed by atoms with van der Waals surface area (Å²) in [6, 6.07) is 11.0. The smallest absolute Gasteiger partial charge is 0.262 e. The van der Waals surface area contributed by atoms with Gasteiger partial charge >= 0.3 is 0 Å². The number of carbonyl (C=O) groups is 1. The summed E-state index contributed by atoms with van der Waals surface area (Å²) in [6.07, 6.45) is 0. The minimum atomic E-state index is -0.451. The topological polar surface area (TPSA) is 64.3 Å². The first-order chi connectivity index (χ1) is 9.56. The second-order valence-electron chi connectivity index (χ2n) is 4.00. The highest BCUT2D eigenvalue weighted by Gasteiger charge is 2.08. The molecule has 0 atom stereocenters. The Bertz CT molecular complexity index is 634. The highest BCUT2D eigenvalue weighted by atomic mass is 79.9. The van der Waals surface area contributed by atoms with Gasteiger partial charge in [0.1, 0.15) is 11.6 Å². The number of halogens is 2. The van der Waals surface area contributed by atoms with E-state index >= 15 is 0 Å². The summed E-state index contributed by atoms with van der Waals surface area (Å²) in [5, 5.41) is 2.69. The van der Waals surface area contributed by atoms with E-state index in [1.807, 2.05) is 12.1 Å². The van der Waals surface area contributed by atoms with Crippen LogP contribution in [0.2, 0.25) is 0 Å². The van der Waals surface area contributed by atoms with Gasteiger partial charge in [0.2, 0.25) is 0 Å². The number of carbonyl (C=O) groups excluding carboxylic acids is 1. The van der Waals surface area contributed by atoms with Gasteiger partial charge in [0.25, 0.3) is 5.91 Å². The molecular formula is C14H12BrFN2O2. The van der Waals surface area contributed by atoms with Crippen molar-refractivity contribution >= 4 is 33.2 Å². The van der Waals surface area contributed by atoms with E-state index in [-0.39, 0.29) is 24.0 Å². The van der Waals surface area contributed by atoms with E-state index in [2.05, 4.69) is 21.2 Å². The first kappa shape index (κ1) is 14.3. The number of nitrogen functional groups attached to an aromatic ring is 1. The van der Waals surface area contributed by atoms with Crippen LogP contribution in [0.3, 0.4) is 0 Å². The van der Waals surface area contributed by atoms with Crippen LogP contribution in [-0.2, 0) is 4.79 Å². The lowest BCUT2D eigenvalue weighted by Gasteiger charge is -2.10. The van der Waals surface area contributed by atoms with E-state index in [9.17, 15) is 9.18 Å². The third kappa shape index (κ3) is 3.71. The number of nitrogens with one attached hydrogen (secondary N) is 1. The number of ether oxygens (including phenoxy) is 1. The van der Waals surface area contributed by atoms with Gasteiger partial charge < -0.3 is 15.8 Å². The maximum Gasteiger partial charge on any atom is 0.262 e. The van der Waals surface area contributed by atoms with Crippen molar-refractivity contribution in [2.45, 2.75) is 0 Å². The lowest BCUT2D eigenvalue weighted by atomic mass is 10.3. The highest BCUT2D eigenvalue weighted by Crippen LogP contribution is 2.23. The molecule has 2 rings (SSSR count). The lowest BCUT2D eigenvalue weighted by Crippen LogP contribution is -2.20. The van der Waals surface area contributed by atoms with Crippen LogP contribution in [0.5, 0.6) is 5.75 Å². The third-order valence-electron chi connectivity index (χ3n) is 2.48. The summed E-state index contributed by atoms with van der Waals surface area (Å²) in [5.41, 5.74) is 6.38. The fourth-order valence-electron chi connectivity index (χ4n) is 1.54. The monoisotopic (exact) mass is 338 g/mol. The first-order valence-corrected chi connectivity index (χ1v) is 6.58. The summed E-state index contributed by atoms with van der Waals surface area (Å²) in [4.78, 5) is 11.7. The molecule has 0 radical (unpaired) electrons. The van der Waals surface area contributed by atoms with Crippen molar-refractivity contribution in [2.24, 2.45) is 0 Å². The molecule has 0 bridgehead atoms. The minimum Gasteiger partial charge on any atom is -0.482 e. The van der Waals surface area contributed by atoms with Crippen LogP contribution in [0.1, 0.15) is 0 Å². The van der Waals surface area contributed by atoms with Gasteiger partial charge in [0, 0.05) is 10.5 Å². The molecule has 4 nitrogen and oxygen atoms in total. The maximum absolute atomic E-state index is 12.9. The number of amides is 1. The standard InChI is InChI=1S/C14H12BrFN2O2/c15-10-3-1-2-4-12(10)18-14(19)8-20-13-6-5-9(16)7-11(13)17/h1-7H,8,17H2,(H,18,19). The molecule has 0 saturated heterocycles. The predicted octanol–water partition coefficient (Wildman–Crippen LogP) is 3.19. The minimum absolute atomic E-state index is 0.152. The Morgan fingerprint density at radius 3 is 2.75 bits per heavy atom. The van der Waals surface area contributed by atoms with Crippen molar-refractivity contribution in [2.75, 3.05) is 17.7 Å². The highest BCUT2D eigenvalue weighted by molar-refractivity contribution is 9.10. The van der Waals surface area contributed by atoms with Crippen LogP contribution < -0.4 is 15.8 Å². The molecule has 2 aromatic rings. The fraction of sp³-hybridized carbons (Fsp3) is 0.0714. The first-order valence-electron chi connectivity index (χ1n) is 5.78. The molecule has 0 aliphatic carbocycles. The van der Waals surface area contributed by atoms with Crippen molar-refractivity contribution in [1.82, 2.24) is 0 Å². The molecule has 0 aliphatic rings. The zero-order chi connectivity index (χ0) is 14.5. The number of hydrogen-bond acceptors (Lipinski definition) is 3. The van der Waals surface area contributed by atoms with Crippen LogP contribution in [0.4, 0.5) is 15.8 Å². The molecule has 0 saturated carbocycles. The largest absolute Gasteiger partial charge is 0.482 e. The van der Waals surface area contributed by atoms with E-state index in [1.165, 1.54) is 12.1 Å². The Hall–Kier alpha value is -2.08. The summed E-state index contributed by atoms with van der Waals surface area (Å²) in [6.45, 7) is -0.211. The molecule has 20 heavy (non-hydrogen) atoms. The molecule has 1 amide bonds. The molecule has 0 aromatic heterocycles. The molecular weight excluding hydrogens is 327 g/mol. The Kier molecular flexibility index (Phi) is 4.57. The maximum atomic E-state index is 12.9. The zero-order valence-electron chi connectivity index (χ0n) is 10.4. The van der Waals surface area contributed by atoms with Crippen LogP contribution in [0.25, 0.3) is 0 Å². The Balaban J connectivity index is 1.94. The van der Waals surface area contributed by atoms with Gasteiger partial charge in [0.15, 0.2) is 6.61 Å². The number of nitrogens with two attached hydrogens (primary N) is 1. The number of rotatable bonds is 4. The number of anilines is 2. The average molecular weight is 339 g/mol. The summed E-state index contributed by atoms with van der Waals surface area (Å²) >= 11 is 3.32. The molecule has 104 valence electrons. The van der Waals surface area contributed by atoms with E-state index in [0.717, 1.165) is 10.5 Å². The van der Waals surface area contributed by atoms with Crippen LogP contribution >= 0.6 is 15.9 Å². The van der Waals surface area contributed by atoms with Crippen molar-refractivity contribution in [1.29, 1.82) is 0 Å². The lowest BCUT2D eigenvalue weighted by molar-refractivity contribution is -0.118. The Labute approximate surface area is 123 Å². The van der Waals surface area contributed by atoms with E-state index < -0.39 is 5.82 Å². The predicted molar refractivity (Wildman–Crippen MR) is 79.1 cm³/mol. The average Bonchev–Trinajstić information content (AvgIpc) is 2.40. The molecule has 0 unspecified atom stereocenters. The molecule has 0 aliphatic heterocycles. The van der Waals surface area contributed by atoms with Crippen molar-refractivity contribution in [3.05, 3.63) is 52.8 Å². The number of benzene rings is 2. The van der Waals surface area contributed by atoms with Gasteiger partial charge in [-0.3, -0.25) is 4.79 Å². The number of hydrogen-bond donors (Lipinski definition) is 2. The molecule has 2 aromatic carbocycles. The fourth-order valence-corrected chi connectivity index (χ4v) is 1.93. The van der Waals surface area contributed by atoms with Crippen molar-refractivity contribution < 1.29 is 13.9 Å². The van der Waals surface area contributed by atoms with Crippen LogP contribution in [0.15, 0.2) is 46.9 Å². The second kappa shape index (κ2) is 6.38. The molecule has 0 heterocycles. The van der Waals surface area contributed by atoms with Crippen molar-refractivity contribution in [3.63, 3.8) is 0 Å². The molecule has 3 N–H and O–H groups in total. The summed E-state index contributed by atoms with van der Waals surface area (Å²) in [7, 11) is 0. The Morgan fingerprint density at radius 1 is 1.30 bits per heavy atom. The Morgan fingerprint density at radius 2 is 2.05 bits per heavy atom. The van der Waals surface area contributed by atoms with E-state index in [4.69, 9.17) is 10.5 Å². The summed E-state index contributed by atoms with van der Waals surface area (Å²) < 4.78 is 18.9. The van der Waals surface area contributed by atoms with Gasteiger partial charge in [-0.2, -0.15) is 0 Å². The SMILES string of the molecule is Nc1cc(F)ccc1OCC(=O)Nc1ccccc1Br. The van der Waals surface area contributed by atoms with Crippen LogP contribution in [0, 0.1) is 5.82 Å². The zero-order valence-corrected chi connectivity index (χ0v) is 12.0. The summed E-state index contributed by atoms with van der Waals surface area (Å²) in [5.74, 6) is -0.512. The van der Waals surface area contributed by atoms with Gasteiger partial charge in [-0.1, -0.05) is 12.1 Å². The molecule has 6 heteroatoms. The third-order valence-corrected chi connectivity index (χ3v) is 3.17. The van der Waals surface area contributed by atoms with E-state index in [0.29, 0.717) is 5.69 Å². The van der Waals surface area contributed by atoms with Gasteiger partial charge in [-0.25, -0.2) is 4.39 Å². The van der Waals surface area contributed by atoms with E-state index in [1.54, 1.807) is 12.1 Å². The van der Waals surface area contributed by atoms with Gasteiger partial charge in [-0.05, 0) is 40.2 Å². The molecule has 0 spiro atoms. The second-order valence-corrected chi connectivity index (χ2v) is 4.85. The molecule has 0 fully saturated rings. The van der Waals surface area contributed by atoms with Gasteiger partial charge in [0.05, 0.1) is 11.4 Å². The normalized spacial score (nSPS) is 10.1.